The van der Waals surface area contributed by atoms with E-state index in [1.54, 1.807) is 19.2 Å². The quantitative estimate of drug-likeness (QED) is 0.282. The van der Waals surface area contributed by atoms with Gasteiger partial charge in [-0.25, -0.2) is 4.39 Å². The fourth-order valence-corrected chi connectivity index (χ4v) is 4.10. The summed E-state index contributed by atoms with van der Waals surface area (Å²) >= 11 is 0. The first-order valence-corrected chi connectivity index (χ1v) is 11.7. The van der Waals surface area contributed by atoms with Crippen LogP contribution >= 0.6 is 0 Å². The lowest BCUT2D eigenvalue weighted by Crippen LogP contribution is -2.36. The molecule has 0 fully saturated rings. The first kappa shape index (κ1) is 25.6. The summed E-state index contributed by atoms with van der Waals surface area (Å²) in [6.07, 6.45) is 2.67. The Bertz CT molecular complexity index is 973. The molecule has 0 heterocycles. The molecule has 0 radical (unpaired) electrons. The van der Waals surface area contributed by atoms with Crippen molar-refractivity contribution in [3.8, 4) is 5.75 Å². The normalized spacial score (nSPS) is 13.7. The Morgan fingerprint density at radius 1 is 0.853 bits per heavy atom. The Kier molecular flexibility index (Phi) is 10.3. The first-order valence-electron chi connectivity index (χ1n) is 11.7. The Morgan fingerprint density at radius 3 is 2.18 bits per heavy atom. The van der Waals surface area contributed by atoms with Gasteiger partial charge in [-0.3, -0.25) is 0 Å². The Balaban J connectivity index is 1.75. The average molecular weight is 465 g/mol. The lowest BCUT2D eigenvalue weighted by molar-refractivity contribution is -0.118. The SMILES string of the molecule is COc1ccc(CO[C@@H](C)[C@H](Cc2ccc(F)cc2)[C@@H](CCc2ccccc2)OCC=O)cc1. The van der Waals surface area contributed by atoms with Gasteiger partial charge in [0.15, 0.2) is 0 Å². The minimum Gasteiger partial charge on any atom is -0.497 e. The molecule has 0 aliphatic rings. The van der Waals surface area contributed by atoms with Crippen molar-refractivity contribution in [2.75, 3.05) is 13.7 Å². The van der Waals surface area contributed by atoms with Crippen molar-refractivity contribution in [3.05, 3.63) is 101 Å². The summed E-state index contributed by atoms with van der Waals surface area (Å²) in [7, 11) is 1.64. The molecular weight excluding hydrogens is 431 g/mol. The van der Waals surface area contributed by atoms with Crippen molar-refractivity contribution in [1.29, 1.82) is 0 Å². The zero-order valence-corrected chi connectivity index (χ0v) is 19.9. The highest BCUT2D eigenvalue weighted by atomic mass is 19.1. The van der Waals surface area contributed by atoms with Gasteiger partial charge in [0.2, 0.25) is 0 Å². The maximum Gasteiger partial charge on any atom is 0.145 e. The summed E-state index contributed by atoms with van der Waals surface area (Å²) in [5.41, 5.74) is 3.27. The van der Waals surface area contributed by atoms with Crippen LogP contribution in [-0.2, 0) is 33.7 Å². The van der Waals surface area contributed by atoms with Crippen LogP contribution in [0.3, 0.4) is 0 Å². The molecule has 0 amide bonds. The number of carbonyl (C=O) groups excluding carboxylic acids is 1. The first-order chi connectivity index (χ1) is 16.6. The zero-order chi connectivity index (χ0) is 24.2. The molecule has 3 aromatic rings. The van der Waals surface area contributed by atoms with Crippen LogP contribution in [0.25, 0.3) is 0 Å². The monoisotopic (exact) mass is 464 g/mol. The molecule has 0 aliphatic carbocycles. The number of aldehydes is 1. The Labute approximate surface area is 201 Å². The van der Waals surface area contributed by atoms with E-state index >= 15 is 0 Å². The third kappa shape index (κ3) is 8.08. The van der Waals surface area contributed by atoms with E-state index < -0.39 is 0 Å². The summed E-state index contributed by atoms with van der Waals surface area (Å²) in [5.74, 6) is 0.517. The van der Waals surface area contributed by atoms with E-state index in [9.17, 15) is 9.18 Å². The number of rotatable bonds is 14. The van der Waals surface area contributed by atoms with Crippen LogP contribution in [0.4, 0.5) is 4.39 Å². The number of carbonyl (C=O) groups is 1. The number of benzene rings is 3. The van der Waals surface area contributed by atoms with Gasteiger partial charge in [-0.2, -0.15) is 0 Å². The van der Waals surface area contributed by atoms with E-state index in [1.165, 1.54) is 17.7 Å². The molecule has 0 spiro atoms. The molecular formula is C29H33FO4. The van der Waals surface area contributed by atoms with Gasteiger partial charge in [0, 0.05) is 5.92 Å². The number of halogens is 1. The second-order valence-corrected chi connectivity index (χ2v) is 8.42. The summed E-state index contributed by atoms with van der Waals surface area (Å²) in [5, 5.41) is 0. The molecule has 0 N–H and O–H groups in total. The van der Waals surface area contributed by atoms with Gasteiger partial charge >= 0.3 is 0 Å². The van der Waals surface area contributed by atoms with Crippen LogP contribution in [0.1, 0.15) is 30.0 Å². The third-order valence-corrected chi connectivity index (χ3v) is 6.08. The van der Waals surface area contributed by atoms with Crippen LogP contribution in [0.2, 0.25) is 0 Å². The molecule has 4 nitrogen and oxygen atoms in total. The zero-order valence-electron chi connectivity index (χ0n) is 19.9. The van der Waals surface area contributed by atoms with Crippen LogP contribution in [0.15, 0.2) is 78.9 Å². The molecule has 0 bridgehead atoms. The summed E-state index contributed by atoms with van der Waals surface area (Å²) in [6.45, 7) is 2.52. The fraction of sp³-hybridized carbons (Fsp3) is 0.345. The second kappa shape index (κ2) is 13.6. The highest BCUT2D eigenvalue weighted by Gasteiger charge is 2.29. The van der Waals surface area contributed by atoms with Crippen molar-refractivity contribution in [2.24, 2.45) is 5.92 Å². The third-order valence-electron chi connectivity index (χ3n) is 6.08. The maximum absolute atomic E-state index is 13.5. The predicted octanol–water partition coefficient (Wildman–Crippen LogP) is 5.82. The fourth-order valence-electron chi connectivity index (χ4n) is 4.10. The Hall–Kier alpha value is -3.02. The molecule has 0 unspecified atom stereocenters. The van der Waals surface area contributed by atoms with E-state index in [1.807, 2.05) is 49.4 Å². The number of hydrogen-bond donors (Lipinski definition) is 0. The van der Waals surface area contributed by atoms with Gasteiger partial charge in [-0.05, 0) is 67.1 Å². The molecule has 3 rings (SSSR count). The van der Waals surface area contributed by atoms with Gasteiger partial charge < -0.3 is 19.0 Å². The van der Waals surface area contributed by atoms with E-state index in [2.05, 4.69) is 12.1 Å². The molecule has 5 heteroatoms. The largest absolute Gasteiger partial charge is 0.497 e. The molecule has 3 aromatic carbocycles. The van der Waals surface area contributed by atoms with Crippen LogP contribution in [-0.4, -0.2) is 32.2 Å². The van der Waals surface area contributed by atoms with Crippen LogP contribution < -0.4 is 4.74 Å². The Morgan fingerprint density at radius 2 is 1.53 bits per heavy atom. The number of aryl methyl sites for hydroxylation is 1. The minimum absolute atomic E-state index is 0.0210. The van der Waals surface area contributed by atoms with E-state index in [-0.39, 0.29) is 30.5 Å². The van der Waals surface area contributed by atoms with Gasteiger partial charge in [0.25, 0.3) is 0 Å². The van der Waals surface area contributed by atoms with Crippen molar-refractivity contribution in [2.45, 2.75) is 45.0 Å². The molecule has 0 saturated carbocycles. The minimum atomic E-state index is -0.262. The van der Waals surface area contributed by atoms with E-state index in [0.717, 1.165) is 36.0 Å². The maximum atomic E-state index is 13.5. The van der Waals surface area contributed by atoms with E-state index in [0.29, 0.717) is 13.0 Å². The molecule has 0 aliphatic heterocycles. The smallest absolute Gasteiger partial charge is 0.145 e. The summed E-state index contributed by atoms with van der Waals surface area (Å²) < 4.78 is 31.0. The van der Waals surface area contributed by atoms with Gasteiger partial charge in [-0.15, -0.1) is 0 Å². The summed E-state index contributed by atoms with van der Waals surface area (Å²) in [6, 6.07) is 24.6. The lowest BCUT2D eigenvalue weighted by atomic mass is 9.86. The van der Waals surface area contributed by atoms with Crippen LogP contribution in [0, 0.1) is 11.7 Å². The number of hydrogen-bond acceptors (Lipinski definition) is 4. The lowest BCUT2D eigenvalue weighted by Gasteiger charge is -2.32. The van der Waals surface area contributed by atoms with Gasteiger partial charge in [0.1, 0.15) is 24.5 Å². The van der Waals surface area contributed by atoms with Gasteiger partial charge in [-0.1, -0.05) is 54.6 Å². The average Bonchev–Trinajstić information content (AvgIpc) is 2.88. The second-order valence-electron chi connectivity index (χ2n) is 8.42. The topological polar surface area (TPSA) is 44.8 Å². The van der Waals surface area contributed by atoms with Crippen LogP contribution in [0.5, 0.6) is 5.75 Å². The molecule has 0 aromatic heterocycles. The van der Waals surface area contributed by atoms with Crippen molar-refractivity contribution >= 4 is 6.29 Å². The summed E-state index contributed by atoms with van der Waals surface area (Å²) in [4.78, 5) is 11.1. The standard InChI is InChI=1S/C29H33FO4/c1-22(34-21-25-10-15-27(32-2)16-11-25)28(20-24-8-13-26(30)14-9-24)29(33-19-18-31)17-12-23-6-4-3-5-7-23/h3-11,13-16,18,22,28-29H,12,17,19-21H2,1-2H3/t22-,28-,29+/m0/s1. The predicted molar refractivity (Wildman–Crippen MR) is 131 cm³/mol. The van der Waals surface area contributed by atoms with Gasteiger partial charge in [0.05, 0.1) is 25.9 Å². The highest BCUT2D eigenvalue weighted by molar-refractivity contribution is 5.50. The molecule has 34 heavy (non-hydrogen) atoms. The molecule has 0 saturated heterocycles. The number of methoxy groups -OCH3 is 1. The molecule has 3 atom stereocenters. The van der Waals surface area contributed by atoms with Crippen molar-refractivity contribution < 1.29 is 23.4 Å². The highest BCUT2D eigenvalue weighted by Crippen LogP contribution is 2.26. The van der Waals surface area contributed by atoms with Crippen molar-refractivity contribution in [3.63, 3.8) is 0 Å². The van der Waals surface area contributed by atoms with Crippen molar-refractivity contribution in [1.82, 2.24) is 0 Å². The van der Waals surface area contributed by atoms with E-state index in [4.69, 9.17) is 14.2 Å². The number of ether oxygens (including phenoxy) is 3. The molecule has 180 valence electrons.